The lowest BCUT2D eigenvalue weighted by Crippen LogP contribution is -2.53. The van der Waals surface area contributed by atoms with Crippen molar-refractivity contribution in [1.82, 2.24) is 25.3 Å². The number of carbonyl (C=O) groups excluding carboxylic acids is 2. The van der Waals surface area contributed by atoms with Gasteiger partial charge < -0.3 is 19.7 Å². The van der Waals surface area contributed by atoms with E-state index in [0.29, 0.717) is 44.2 Å². The standard InChI is InChI=1S/C24H24FN5O4S/c25-17-7-5-16(6-8-17)13-26-22(31)23-28-27-21(35-23)14-29-9-11-30(12-10-29)24(32)20-15-33-18-3-1-2-4-19(18)34-20/h1-8,20H,9-15H2,(H,26,31)/t20-/m1/s1. The van der Waals surface area contributed by atoms with E-state index < -0.39 is 6.10 Å². The first kappa shape index (κ1) is 23.2. The van der Waals surface area contributed by atoms with Crippen molar-refractivity contribution in [2.45, 2.75) is 19.2 Å². The van der Waals surface area contributed by atoms with Crippen molar-refractivity contribution in [2.75, 3.05) is 32.8 Å². The summed E-state index contributed by atoms with van der Waals surface area (Å²) in [5.41, 5.74) is 0.798. The molecular weight excluding hydrogens is 473 g/mol. The van der Waals surface area contributed by atoms with Crippen molar-refractivity contribution < 1.29 is 23.5 Å². The number of carbonyl (C=O) groups is 2. The second kappa shape index (κ2) is 10.4. The molecular formula is C24H24FN5O4S. The van der Waals surface area contributed by atoms with Gasteiger partial charge in [-0.1, -0.05) is 35.6 Å². The summed E-state index contributed by atoms with van der Waals surface area (Å²) < 4.78 is 24.5. The number of piperazine rings is 1. The number of aromatic nitrogens is 2. The number of rotatable bonds is 6. The second-order valence-electron chi connectivity index (χ2n) is 8.28. The van der Waals surface area contributed by atoms with Crippen LogP contribution in [-0.4, -0.2) is 70.7 Å². The number of nitrogens with one attached hydrogen (secondary N) is 1. The predicted octanol–water partition coefficient (Wildman–Crippen LogP) is 2.09. The zero-order valence-corrected chi connectivity index (χ0v) is 19.7. The van der Waals surface area contributed by atoms with E-state index in [4.69, 9.17) is 9.47 Å². The van der Waals surface area contributed by atoms with Gasteiger partial charge in [0.15, 0.2) is 11.5 Å². The SMILES string of the molecule is O=C(NCc1ccc(F)cc1)c1nnc(CN2CCN(C(=O)[C@H]3COc4ccccc4O3)CC2)s1. The maximum atomic E-state index is 13.0. The van der Waals surface area contributed by atoms with Crippen molar-refractivity contribution in [3.05, 3.63) is 69.9 Å². The molecule has 2 amide bonds. The summed E-state index contributed by atoms with van der Waals surface area (Å²) in [4.78, 5) is 29.3. The van der Waals surface area contributed by atoms with Gasteiger partial charge in [-0.15, -0.1) is 10.2 Å². The third-order valence-corrected chi connectivity index (χ3v) is 6.76. The Morgan fingerprint density at radius 2 is 1.77 bits per heavy atom. The molecule has 9 nitrogen and oxygen atoms in total. The zero-order chi connectivity index (χ0) is 24.2. The Kier molecular flexibility index (Phi) is 6.87. The first-order chi connectivity index (χ1) is 17.0. The Labute approximate surface area is 205 Å². The lowest BCUT2D eigenvalue weighted by molar-refractivity contribution is -0.143. The van der Waals surface area contributed by atoms with Crippen LogP contribution in [0.25, 0.3) is 0 Å². The van der Waals surface area contributed by atoms with Crippen molar-refractivity contribution in [1.29, 1.82) is 0 Å². The fraction of sp³-hybridized carbons (Fsp3) is 0.333. The Morgan fingerprint density at radius 1 is 1.03 bits per heavy atom. The highest BCUT2D eigenvalue weighted by Crippen LogP contribution is 2.31. The van der Waals surface area contributed by atoms with Crippen LogP contribution in [0, 0.1) is 5.82 Å². The second-order valence-corrected chi connectivity index (χ2v) is 9.34. The fourth-order valence-corrected chi connectivity index (χ4v) is 4.73. The highest BCUT2D eigenvalue weighted by atomic mass is 32.1. The van der Waals surface area contributed by atoms with Gasteiger partial charge in [0.05, 0.1) is 6.54 Å². The summed E-state index contributed by atoms with van der Waals surface area (Å²) in [5.74, 6) is 0.535. The van der Waals surface area contributed by atoms with Gasteiger partial charge in [-0.05, 0) is 29.8 Å². The Hall–Kier alpha value is -3.57. The minimum atomic E-state index is -0.643. The molecule has 35 heavy (non-hydrogen) atoms. The average molecular weight is 498 g/mol. The van der Waals surface area contributed by atoms with E-state index in [2.05, 4.69) is 20.4 Å². The largest absolute Gasteiger partial charge is 0.485 e. The van der Waals surface area contributed by atoms with Crippen LogP contribution in [0.4, 0.5) is 4.39 Å². The normalized spacial score (nSPS) is 17.7. The summed E-state index contributed by atoms with van der Waals surface area (Å²) >= 11 is 1.24. The molecule has 0 aliphatic carbocycles. The Bertz CT molecular complexity index is 1200. The summed E-state index contributed by atoms with van der Waals surface area (Å²) in [6.07, 6.45) is -0.643. The fourth-order valence-electron chi connectivity index (χ4n) is 3.93. The minimum Gasteiger partial charge on any atom is -0.485 e. The van der Waals surface area contributed by atoms with Crippen molar-refractivity contribution in [3.8, 4) is 11.5 Å². The maximum absolute atomic E-state index is 13.0. The summed E-state index contributed by atoms with van der Waals surface area (Å²) in [6.45, 7) is 3.55. The van der Waals surface area contributed by atoms with Crippen molar-refractivity contribution in [3.63, 3.8) is 0 Å². The lowest BCUT2D eigenvalue weighted by Gasteiger charge is -2.36. The zero-order valence-electron chi connectivity index (χ0n) is 18.9. The van der Waals surface area contributed by atoms with Gasteiger partial charge in [0.25, 0.3) is 11.8 Å². The van der Waals surface area contributed by atoms with Crippen LogP contribution >= 0.6 is 11.3 Å². The van der Waals surface area contributed by atoms with Crippen LogP contribution in [0.15, 0.2) is 48.5 Å². The third-order valence-electron chi connectivity index (χ3n) is 5.85. The molecule has 1 aromatic heterocycles. The van der Waals surface area contributed by atoms with Gasteiger partial charge in [0.1, 0.15) is 17.4 Å². The highest BCUT2D eigenvalue weighted by Gasteiger charge is 2.32. The van der Waals surface area contributed by atoms with E-state index >= 15 is 0 Å². The number of nitrogens with zero attached hydrogens (tertiary/aromatic N) is 4. The Balaban J connectivity index is 1.08. The number of benzene rings is 2. The average Bonchev–Trinajstić information content (AvgIpc) is 3.36. The molecule has 2 aliphatic rings. The van der Waals surface area contributed by atoms with Gasteiger partial charge in [-0.2, -0.15) is 0 Å². The number of ether oxygens (including phenoxy) is 2. The predicted molar refractivity (Wildman–Crippen MR) is 126 cm³/mol. The van der Waals surface area contributed by atoms with Crippen LogP contribution < -0.4 is 14.8 Å². The number of para-hydroxylation sites is 2. The van der Waals surface area contributed by atoms with Crippen molar-refractivity contribution in [2.24, 2.45) is 0 Å². The van der Waals surface area contributed by atoms with E-state index in [1.54, 1.807) is 23.1 Å². The molecule has 5 rings (SSSR count). The molecule has 0 unspecified atom stereocenters. The quantitative estimate of drug-likeness (QED) is 0.557. The molecule has 3 heterocycles. The molecule has 0 bridgehead atoms. The van der Waals surface area contributed by atoms with Gasteiger partial charge in [-0.25, -0.2) is 4.39 Å². The molecule has 0 spiro atoms. The number of amides is 2. The van der Waals surface area contributed by atoms with E-state index in [-0.39, 0.29) is 35.8 Å². The smallest absolute Gasteiger partial charge is 0.282 e. The van der Waals surface area contributed by atoms with Crippen LogP contribution in [0.2, 0.25) is 0 Å². The van der Waals surface area contributed by atoms with E-state index in [0.717, 1.165) is 10.6 Å². The first-order valence-corrected chi connectivity index (χ1v) is 12.1. The van der Waals surface area contributed by atoms with Crippen LogP contribution in [0.5, 0.6) is 11.5 Å². The van der Waals surface area contributed by atoms with Crippen LogP contribution in [0.1, 0.15) is 20.4 Å². The monoisotopic (exact) mass is 497 g/mol. The van der Waals surface area contributed by atoms with E-state index in [1.807, 2.05) is 18.2 Å². The first-order valence-electron chi connectivity index (χ1n) is 11.3. The molecule has 1 N–H and O–H groups in total. The molecule has 2 aromatic carbocycles. The molecule has 0 radical (unpaired) electrons. The molecule has 1 saturated heterocycles. The van der Waals surface area contributed by atoms with E-state index in [1.165, 1.54) is 23.5 Å². The Morgan fingerprint density at radius 3 is 2.54 bits per heavy atom. The number of hydrogen-bond acceptors (Lipinski definition) is 8. The highest BCUT2D eigenvalue weighted by molar-refractivity contribution is 7.13. The van der Waals surface area contributed by atoms with Crippen molar-refractivity contribution >= 4 is 23.2 Å². The number of fused-ring (bicyclic) bond motifs is 1. The third kappa shape index (κ3) is 5.57. The topological polar surface area (TPSA) is 96.9 Å². The molecule has 2 aliphatic heterocycles. The molecule has 0 saturated carbocycles. The van der Waals surface area contributed by atoms with Crippen LogP contribution in [-0.2, 0) is 17.9 Å². The van der Waals surface area contributed by atoms with Crippen LogP contribution in [0.3, 0.4) is 0 Å². The van der Waals surface area contributed by atoms with Gasteiger partial charge >= 0.3 is 0 Å². The molecule has 1 atom stereocenters. The van der Waals surface area contributed by atoms with Gasteiger partial charge in [0, 0.05) is 32.7 Å². The molecule has 3 aromatic rings. The van der Waals surface area contributed by atoms with E-state index in [9.17, 15) is 14.0 Å². The summed E-state index contributed by atoms with van der Waals surface area (Å²) in [7, 11) is 0. The lowest BCUT2D eigenvalue weighted by atomic mass is 10.2. The number of hydrogen-bond donors (Lipinski definition) is 1. The summed E-state index contributed by atoms with van der Waals surface area (Å²) in [6, 6.07) is 13.3. The number of halogens is 1. The minimum absolute atomic E-state index is 0.0739. The molecule has 182 valence electrons. The van der Waals surface area contributed by atoms with Gasteiger partial charge in [0.2, 0.25) is 11.1 Å². The summed E-state index contributed by atoms with van der Waals surface area (Å²) in [5, 5.41) is 11.9. The molecule has 1 fully saturated rings. The maximum Gasteiger partial charge on any atom is 0.282 e. The van der Waals surface area contributed by atoms with Gasteiger partial charge in [-0.3, -0.25) is 14.5 Å². The molecule has 11 heteroatoms.